The Balaban J connectivity index is 1.75. The molecule has 0 radical (unpaired) electrons. The van der Waals surface area contributed by atoms with Gasteiger partial charge in [-0.05, 0) is 68.6 Å². The molecule has 1 aromatic carbocycles. The number of ether oxygens (including phenoxy) is 1. The van der Waals surface area contributed by atoms with Crippen molar-refractivity contribution in [2.24, 2.45) is 5.92 Å². The molecule has 0 bridgehead atoms. The van der Waals surface area contributed by atoms with Gasteiger partial charge in [-0.25, -0.2) is 0 Å². The van der Waals surface area contributed by atoms with Gasteiger partial charge < -0.3 is 9.84 Å². The molecule has 3 rings (SSSR count). The molecule has 1 spiro atoms. The van der Waals surface area contributed by atoms with Crippen molar-refractivity contribution < 1.29 is 9.84 Å². The molecule has 2 nitrogen and oxygen atoms in total. The van der Waals surface area contributed by atoms with Crippen LogP contribution in [0.4, 0.5) is 0 Å². The summed E-state index contributed by atoms with van der Waals surface area (Å²) in [6.07, 6.45) is 5.33. The van der Waals surface area contributed by atoms with Crippen molar-refractivity contribution in [2.75, 3.05) is 6.61 Å². The zero-order valence-electron chi connectivity index (χ0n) is 12.0. The summed E-state index contributed by atoms with van der Waals surface area (Å²) in [6, 6.07) is 6.34. The average molecular weight is 260 g/mol. The first kappa shape index (κ1) is 13.1. The quantitative estimate of drug-likeness (QED) is 0.879. The predicted molar refractivity (Wildman–Crippen MR) is 76.1 cm³/mol. The third-order valence-corrected chi connectivity index (χ3v) is 5.11. The van der Waals surface area contributed by atoms with E-state index in [2.05, 4.69) is 32.0 Å². The Labute approximate surface area is 115 Å². The minimum atomic E-state index is -0.333. The molecule has 1 N–H and O–H groups in total. The van der Waals surface area contributed by atoms with Crippen molar-refractivity contribution in [3.05, 3.63) is 34.9 Å². The third-order valence-electron chi connectivity index (χ3n) is 5.11. The van der Waals surface area contributed by atoms with Crippen LogP contribution >= 0.6 is 0 Å². The Kier molecular flexibility index (Phi) is 3.40. The second kappa shape index (κ2) is 4.92. The van der Waals surface area contributed by atoms with Gasteiger partial charge >= 0.3 is 0 Å². The van der Waals surface area contributed by atoms with E-state index >= 15 is 0 Å². The van der Waals surface area contributed by atoms with Gasteiger partial charge in [-0.3, -0.25) is 0 Å². The molecular weight excluding hydrogens is 236 g/mol. The first-order valence-corrected chi connectivity index (χ1v) is 7.49. The van der Waals surface area contributed by atoms with Gasteiger partial charge in [0.05, 0.1) is 11.7 Å². The zero-order valence-corrected chi connectivity index (χ0v) is 12.0. The summed E-state index contributed by atoms with van der Waals surface area (Å²) in [5, 5.41) is 10.7. The standard InChI is InChI=1S/C17H24O2/c1-12-4-5-14(10-13(12)2)16(18)15-6-9-19-17(11-15)7-3-8-17/h4-5,10,15-16,18H,3,6-9,11H2,1-2H3. The van der Waals surface area contributed by atoms with Crippen molar-refractivity contribution in [1.82, 2.24) is 0 Å². The number of rotatable bonds is 2. The molecule has 2 aliphatic rings. The molecule has 1 aromatic rings. The van der Waals surface area contributed by atoms with Gasteiger partial charge in [0, 0.05) is 6.61 Å². The molecule has 1 aliphatic carbocycles. The lowest BCUT2D eigenvalue weighted by Gasteiger charge is -2.48. The number of benzene rings is 1. The Hall–Kier alpha value is -0.860. The van der Waals surface area contributed by atoms with Crippen molar-refractivity contribution in [3.63, 3.8) is 0 Å². The number of aliphatic hydroxyl groups excluding tert-OH is 1. The maximum atomic E-state index is 10.7. The van der Waals surface area contributed by atoms with Crippen molar-refractivity contribution in [3.8, 4) is 0 Å². The van der Waals surface area contributed by atoms with Crippen molar-refractivity contribution >= 4 is 0 Å². The number of hydrogen-bond donors (Lipinski definition) is 1. The van der Waals surface area contributed by atoms with E-state index in [-0.39, 0.29) is 11.7 Å². The largest absolute Gasteiger partial charge is 0.388 e. The fraction of sp³-hybridized carbons (Fsp3) is 0.647. The van der Waals surface area contributed by atoms with Gasteiger partial charge in [0.2, 0.25) is 0 Å². The van der Waals surface area contributed by atoms with Crippen LogP contribution in [0.1, 0.15) is 54.9 Å². The van der Waals surface area contributed by atoms with E-state index in [1.807, 2.05) is 0 Å². The van der Waals surface area contributed by atoms with Crippen LogP contribution in [0.15, 0.2) is 18.2 Å². The molecule has 1 saturated heterocycles. The summed E-state index contributed by atoms with van der Waals surface area (Å²) in [7, 11) is 0. The van der Waals surface area contributed by atoms with Gasteiger partial charge in [-0.2, -0.15) is 0 Å². The number of hydrogen-bond acceptors (Lipinski definition) is 2. The molecule has 2 atom stereocenters. The maximum absolute atomic E-state index is 10.7. The van der Waals surface area contributed by atoms with Crippen molar-refractivity contribution in [1.29, 1.82) is 0 Å². The molecule has 104 valence electrons. The normalized spacial score (nSPS) is 27.0. The second-order valence-electron chi connectivity index (χ2n) is 6.43. The summed E-state index contributed by atoms with van der Waals surface area (Å²) in [6.45, 7) is 5.04. The van der Waals surface area contributed by atoms with Crippen LogP contribution in [-0.4, -0.2) is 17.3 Å². The smallest absolute Gasteiger partial charge is 0.0820 e. The fourth-order valence-electron chi connectivity index (χ4n) is 3.48. The van der Waals surface area contributed by atoms with Gasteiger partial charge in [0.25, 0.3) is 0 Å². The van der Waals surface area contributed by atoms with Gasteiger partial charge in [0.15, 0.2) is 0 Å². The molecule has 1 heterocycles. The summed E-state index contributed by atoms with van der Waals surface area (Å²) in [4.78, 5) is 0. The SMILES string of the molecule is Cc1ccc(C(O)C2CCOC3(CCC3)C2)cc1C. The number of aryl methyl sites for hydroxylation is 2. The highest BCUT2D eigenvalue weighted by Crippen LogP contribution is 2.47. The minimum absolute atomic E-state index is 0.115. The Morgan fingerprint density at radius 2 is 2.05 bits per heavy atom. The van der Waals surface area contributed by atoms with Gasteiger partial charge in [-0.15, -0.1) is 0 Å². The van der Waals surface area contributed by atoms with E-state index < -0.39 is 0 Å². The lowest BCUT2D eigenvalue weighted by atomic mass is 9.70. The fourth-order valence-corrected chi connectivity index (χ4v) is 3.48. The summed E-state index contributed by atoms with van der Waals surface area (Å²) in [5.41, 5.74) is 3.74. The molecule has 0 aromatic heterocycles. The molecule has 0 amide bonds. The Morgan fingerprint density at radius 1 is 1.26 bits per heavy atom. The van der Waals surface area contributed by atoms with E-state index in [1.54, 1.807) is 0 Å². The van der Waals surface area contributed by atoms with Crippen LogP contribution in [-0.2, 0) is 4.74 Å². The van der Waals surface area contributed by atoms with Crippen LogP contribution in [0.2, 0.25) is 0 Å². The first-order chi connectivity index (χ1) is 9.10. The van der Waals surface area contributed by atoms with E-state index in [0.717, 1.165) is 25.0 Å². The predicted octanol–water partition coefficient (Wildman–Crippen LogP) is 3.69. The Bertz CT molecular complexity index is 462. The average Bonchev–Trinajstić information content (AvgIpc) is 2.39. The topological polar surface area (TPSA) is 29.5 Å². The molecule has 19 heavy (non-hydrogen) atoms. The third kappa shape index (κ3) is 2.44. The molecular formula is C17H24O2. The highest BCUT2D eigenvalue weighted by Gasteiger charge is 2.44. The molecule has 1 aliphatic heterocycles. The van der Waals surface area contributed by atoms with Crippen molar-refractivity contribution in [2.45, 2.75) is 57.7 Å². The first-order valence-electron chi connectivity index (χ1n) is 7.49. The summed E-state index contributed by atoms with van der Waals surface area (Å²) in [5.74, 6) is 0.358. The second-order valence-corrected chi connectivity index (χ2v) is 6.43. The maximum Gasteiger partial charge on any atom is 0.0820 e. The molecule has 2 unspecified atom stereocenters. The lowest BCUT2D eigenvalue weighted by molar-refractivity contribution is -0.157. The van der Waals surface area contributed by atoms with Crippen LogP contribution in [0, 0.1) is 19.8 Å². The minimum Gasteiger partial charge on any atom is -0.388 e. The van der Waals surface area contributed by atoms with Crippen LogP contribution in [0.3, 0.4) is 0 Å². The Morgan fingerprint density at radius 3 is 2.68 bits per heavy atom. The van der Waals surface area contributed by atoms with Crippen LogP contribution in [0.5, 0.6) is 0 Å². The summed E-state index contributed by atoms with van der Waals surface area (Å²) >= 11 is 0. The highest BCUT2D eigenvalue weighted by atomic mass is 16.5. The number of aliphatic hydroxyl groups is 1. The van der Waals surface area contributed by atoms with E-state index in [1.165, 1.54) is 30.4 Å². The molecule has 2 fully saturated rings. The van der Waals surface area contributed by atoms with E-state index in [4.69, 9.17) is 4.74 Å². The van der Waals surface area contributed by atoms with E-state index in [9.17, 15) is 5.11 Å². The molecule has 2 heteroatoms. The van der Waals surface area contributed by atoms with Gasteiger partial charge in [0.1, 0.15) is 0 Å². The van der Waals surface area contributed by atoms with E-state index in [0.29, 0.717) is 5.92 Å². The monoisotopic (exact) mass is 260 g/mol. The zero-order chi connectivity index (χ0) is 13.5. The molecule has 1 saturated carbocycles. The van der Waals surface area contributed by atoms with Crippen LogP contribution in [0.25, 0.3) is 0 Å². The highest BCUT2D eigenvalue weighted by molar-refractivity contribution is 5.31. The van der Waals surface area contributed by atoms with Crippen LogP contribution < -0.4 is 0 Å². The lowest BCUT2D eigenvalue weighted by Crippen LogP contribution is -2.46. The summed E-state index contributed by atoms with van der Waals surface area (Å²) < 4.78 is 5.95. The van der Waals surface area contributed by atoms with Gasteiger partial charge in [-0.1, -0.05) is 18.2 Å².